The second kappa shape index (κ2) is 5.85. The second-order valence-electron chi connectivity index (χ2n) is 4.82. The molecule has 0 aromatic rings. The van der Waals surface area contributed by atoms with Gasteiger partial charge in [-0.3, -0.25) is 0 Å². The summed E-state index contributed by atoms with van der Waals surface area (Å²) in [4.78, 5) is 0. The zero-order chi connectivity index (χ0) is 11.3. The molecule has 1 saturated carbocycles. The molecule has 0 spiro atoms. The van der Waals surface area contributed by atoms with Crippen molar-refractivity contribution in [1.29, 1.82) is 0 Å². The molecule has 90 valence electrons. The highest BCUT2D eigenvalue weighted by molar-refractivity contribution is 7.90. The first-order valence-corrected chi connectivity index (χ1v) is 7.97. The normalized spacial score (nSPS) is 21.5. The summed E-state index contributed by atoms with van der Waals surface area (Å²) in [5.74, 6) is 0.299. The van der Waals surface area contributed by atoms with Crippen LogP contribution in [-0.2, 0) is 9.84 Å². The average molecular weight is 233 g/mol. The van der Waals surface area contributed by atoms with Crippen molar-refractivity contribution in [2.45, 2.75) is 57.5 Å². The molecule has 1 aliphatic rings. The van der Waals surface area contributed by atoms with E-state index in [9.17, 15) is 8.42 Å². The number of rotatable bonds is 5. The van der Waals surface area contributed by atoms with Crippen molar-refractivity contribution in [2.24, 2.45) is 0 Å². The summed E-state index contributed by atoms with van der Waals surface area (Å²) in [6, 6.07) is 0.941. The number of hydrogen-bond acceptors (Lipinski definition) is 3. The van der Waals surface area contributed by atoms with E-state index in [0.717, 1.165) is 6.42 Å². The van der Waals surface area contributed by atoms with Gasteiger partial charge in [-0.25, -0.2) is 8.42 Å². The molecule has 0 amide bonds. The van der Waals surface area contributed by atoms with Gasteiger partial charge in [-0.1, -0.05) is 19.3 Å². The summed E-state index contributed by atoms with van der Waals surface area (Å²) in [6.45, 7) is 2.08. The van der Waals surface area contributed by atoms with Crippen LogP contribution in [0.2, 0.25) is 0 Å². The molecule has 0 aromatic carbocycles. The summed E-state index contributed by atoms with van der Waals surface area (Å²) in [7, 11) is -2.80. The lowest BCUT2D eigenvalue weighted by atomic mass is 9.95. The average Bonchev–Trinajstić information content (AvgIpc) is 2.15. The maximum Gasteiger partial charge on any atom is 0.147 e. The van der Waals surface area contributed by atoms with Crippen LogP contribution in [0.4, 0.5) is 0 Å². The van der Waals surface area contributed by atoms with Gasteiger partial charge in [0.15, 0.2) is 0 Å². The minimum absolute atomic E-state index is 0.299. The van der Waals surface area contributed by atoms with E-state index >= 15 is 0 Å². The van der Waals surface area contributed by atoms with Gasteiger partial charge in [0.1, 0.15) is 9.84 Å². The Morgan fingerprint density at radius 3 is 2.40 bits per heavy atom. The maximum absolute atomic E-state index is 11.0. The van der Waals surface area contributed by atoms with Gasteiger partial charge in [0.05, 0.1) is 5.75 Å². The van der Waals surface area contributed by atoms with E-state index in [2.05, 4.69) is 12.2 Å². The minimum Gasteiger partial charge on any atom is -0.311 e. The molecule has 0 radical (unpaired) electrons. The second-order valence-corrected chi connectivity index (χ2v) is 7.08. The fourth-order valence-electron chi connectivity index (χ4n) is 2.15. The Labute approximate surface area is 93.6 Å². The van der Waals surface area contributed by atoms with Gasteiger partial charge in [-0.15, -0.1) is 0 Å². The Morgan fingerprint density at radius 1 is 1.27 bits per heavy atom. The van der Waals surface area contributed by atoms with Gasteiger partial charge >= 0.3 is 0 Å². The molecule has 0 heterocycles. The molecule has 4 heteroatoms. The lowest BCUT2D eigenvalue weighted by Gasteiger charge is -2.26. The number of sulfone groups is 1. The van der Waals surface area contributed by atoms with Crippen LogP contribution in [0, 0.1) is 0 Å². The van der Waals surface area contributed by atoms with Crippen molar-refractivity contribution in [1.82, 2.24) is 5.32 Å². The van der Waals surface area contributed by atoms with E-state index in [1.807, 2.05) is 0 Å². The van der Waals surface area contributed by atoms with Crippen molar-refractivity contribution in [3.05, 3.63) is 0 Å². The zero-order valence-electron chi connectivity index (χ0n) is 9.83. The molecule has 0 aromatic heterocycles. The van der Waals surface area contributed by atoms with Crippen molar-refractivity contribution in [3.63, 3.8) is 0 Å². The quantitative estimate of drug-likeness (QED) is 0.786. The molecular weight excluding hydrogens is 210 g/mol. The van der Waals surface area contributed by atoms with Crippen molar-refractivity contribution >= 4 is 9.84 Å². The van der Waals surface area contributed by atoms with E-state index in [0.29, 0.717) is 17.8 Å². The molecule has 0 saturated heterocycles. The first kappa shape index (κ1) is 13.0. The van der Waals surface area contributed by atoms with Crippen LogP contribution < -0.4 is 5.32 Å². The van der Waals surface area contributed by atoms with E-state index < -0.39 is 9.84 Å². The molecule has 1 rings (SSSR count). The lowest BCUT2D eigenvalue weighted by Crippen LogP contribution is -2.38. The largest absolute Gasteiger partial charge is 0.311 e. The van der Waals surface area contributed by atoms with Gasteiger partial charge in [0.2, 0.25) is 0 Å². The Morgan fingerprint density at radius 2 is 1.87 bits per heavy atom. The van der Waals surface area contributed by atoms with Crippen LogP contribution in [-0.4, -0.2) is 32.5 Å². The van der Waals surface area contributed by atoms with Crippen LogP contribution in [0.1, 0.15) is 45.4 Å². The third kappa shape index (κ3) is 6.15. The molecule has 1 atom stereocenters. The molecule has 1 unspecified atom stereocenters. The summed E-state index contributed by atoms with van der Waals surface area (Å²) in [5.41, 5.74) is 0. The van der Waals surface area contributed by atoms with Gasteiger partial charge in [-0.2, -0.15) is 0 Å². The predicted octanol–water partition coefficient (Wildman–Crippen LogP) is 1.73. The Bertz CT molecular complexity index is 268. The van der Waals surface area contributed by atoms with Crippen molar-refractivity contribution < 1.29 is 8.42 Å². The van der Waals surface area contributed by atoms with Crippen LogP contribution >= 0.6 is 0 Å². The van der Waals surface area contributed by atoms with Crippen LogP contribution in [0.25, 0.3) is 0 Å². The van der Waals surface area contributed by atoms with Crippen LogP contribution in [0.3, 0.4) is 0 Å². The first-order chi connectivity index (χ1) is 6.97. The summed E-state index contributed by atoms with van der Waals surface area (Å²) in [6.07, 6.45) is 8.53. The van der Waals surface area contributed by atoms with Crippen molar-refractivity contribution in [2.75, 3.05) is 12.0 Å². The van der Waals surface area contributed by atoms with E-state index in [1.54, 1.807) is 0 Å². The van der Waals surface area contributed by atoms with E-state index in [-0.39, 0.29) is 0 Å². The molecule has 1 N–H and O–H groups in total. The smallest absolute Gasteiger partial charge is 0.147 e. The standard InChI is InChI=1S/C11H23NO2S/c1-10(8-9-15(2,13)14)12-11-6-4-3-5-7-11/h10-12H,3-9H2,1-2H3. The van der Waals surface area contributed by atoms with Crippen LogP contribution in [0.5, 0.6) is 0 Å². The summed E-state index contributed by atoms with van der Waals surface area (Å²) >= 11 is 0. The number of nitrogens with one attached hydrogen (secondary N) is 1. The Kier molecular flexibility index (Phi) is 5.06. The molecule has 3 nitrogen and oxygen atoms in total. The molecule has 15 heavy (non-hydrogen) atoms. The summed E-state index contributed by atoms with van der Waals surface area (Å²) < 4.78 is 22.0. The number of hydrogen-bond donors (Lipinski definition) is 1. The SMILES string of the molecule is CC(CCS(C)(=O)=O)NC1CCCCC1. The fourth-order valence-corrected chi connectivity index (χ4v) is 2.93. The minimum atomic E-state index is -2.80. The molecule has 0 bridgehead atoms. The zero-order valence-corrected chi connectivity index (χ0v) is 10.6. The van der Waals surface area contributed by atoms with Gasteiger partial charge in [-0.05, 0) is 26.2 Å². The highest BCUT2D eigenvalue weighted by Gasteiger charge is 2.16. The van der Waals surface area contributed by atoms with Gasteiger partial charge < -0.3 is 5.32 Å². The molecule has 0 aliphatic heterocycles. The molecule has 1 aliphatic carbocycles. The Balaban J connectivity index is 2.20. The molecular formula is C11H23NO2S. The lowest BCUT2D eigenvalue weighted by molar-refractivity contribution is 0.340. The van der Waals surface area contributed by atoms with Crippen molar-refractivity contribution in [3.8, 4) is 0 Å². The third-order valence-corrected chi connectivity index (χ3v) is 4.02. The van der Waals surface area contributed by atoms with Gasteiger partial charge in [0, 0.05) is 18.3 Å². The van der Waals surface area contributed by atoms with E-state index in [4.69, 9.17) is 0 Å². The maximum atomic E-state index is 11.0. The molecule has 1 fully saturated rings. The van der Waals surface area contributed by atoms with E-state index in [1.165, 1.54) is 38.4 Å². The third-order valence-electron chi connectivity index (χ3n) is 3.05. The highest BCUT2D eigenvalue weighted by Crippen LogP contribution is 2.18. The fraction of sp³-hybridized carbons (Fsp3) is 1.00. The monoisotopic (exact) mass is 233 g/mol. The summed E-state index contributed by atoms with van der Waals surface area (Å²) in [5, 5.41) is 3.53. The first-order valence-electron chi connectivity index (χ1n) is 5.91. The van der Waals surface area contributed by atoms with Crippen LogP contribution in [0.15, 0.2) is 0 Å². The highest BCUT2D eigenvalue weighted by atomic mass is 32.2. The predicted molar refractivity (Wildman–Crippen MR) is 63.8 cm³/mol. The van der Waals surface area contributed by atoms with Gasteiger partial charge in [0.25, 0.3) is 0 Å². The Hall–Kier alpha value is -0.0900. The topological polar surface area (TPSA) is 46.2 Å².